The Morgan fingerprint density at radius 3 is 1.22 bits per heavy atom. The van der Waals surface area contributed by atoms with Gasteiger partial charge in [0.25, 0.3) is 0 Å². The van der Waals surface area contributed by atoms with Gasteiger partial charge in [-0.25, -0.2) is 0 Å². The average molecular weight is 1160 g/mol. The number of likely N-dealkylation sites (tertiary alicyclic amines) is 2. The van der Waals surface area contributed by atoms with Crippen LogP contribution in [0.4, 0.5) is 0 Å². The molecular weight excluding hydrogens is 1100 g/mol. The molecule has 2 fully saturated rings. The van der Waals surface area contributed by atoms with E-state index < -0.39 is 23.9 Å². The fourth-order valence-electron chi connectivity index (χ4n) is 10.2. The number of fused-ring (bicyclic) bond motifs is 2. The van der Waals surface area contributed by atoms with Gasteiger partial charge in [-0.15, -0.1) is 22.7 Å². The molecule has 2 N–H and O–H groups in total. The monoisotopic (exact) mass is 1160 g/mol. The molecule has 6 aromatic carbocycles. The number of aromatic carboxylic acids is 2. The van der Waals surface area contributed by atoms with Gasteiger partial charge < -0.3 is 49.0 Å². The van der Waals surface area contributed by atoms with Crippen molar-refractivity contribution >= 4 is 66.7 Å². The first-order valence-corrected chi connectivity index (χ1v) is 28.9. The zero-order chi connectivity index (χ0) is 55.8. The molecule has 8 aromatic rings. The van der Waals surface area contributed by atoms with Crippen LogP contribution in [0.25, 0.3) is 41.1 Å². The molecule has 18 heteroatoms. The number of carboxylic acid groups (broad SMARTS) is 4. The predicted molar refractivity (Wildman–Crippen MR) is 309 cm³/mol. The standard InChI is InChI=1S/2C32H33NO6S.2Na/c2*34-30(35)8-5-18-39-28-14-11-23(21-27(28)32(36)37)31-26(25-6-1-2-7-29(25)40-31)20-22-9-12-24(13-10-22)38-19-17-33-15-3-4-16-33;;/h2*1-2,6-7,9-14,21H,3-5,8,15-20H2,(H,34,35)(H,36,37);;/q;;2*+1/p-2. The SMILES string of the molecule is O=C(O)CCCOc1ccc(-c2sc3ccccc3c2Cc2ccc(OCCN3CCCC3)cc2)cc1C(=O)[O-].O=C(O)CCCOc1ccc(-c2sc3ccccc3c2Cc2ccc(OCCN3CCCC3)cc2)cc1C(=O)[O-].[Na+].[Na+]. The summed E-state index contributed by atoms with van der Waals surface area (Å²) in [6.07, 6.45) is 6.93. The van der Waals surface area contributed by atoms with Gasteiger partial charge in [-0.2, -0.15) is 0 Å². The third-order valence-corrected chi connectivity index (χ3v) is 16.8. The Morgan fingerprint density at radius 1 is 0.476 bits per heavy atom. The van der Waals surface area contributed by atoms with Crippen LogP contribution in [0.3, 0.4) is 0 Å². The molecule has 14 nitrogen and oxygen atoms in total. The van der Waals surface area contributed by atoms with Gasteiger partial charge in [-0.3, -0.25) is 19.4 Å². The van der Waals surface area contributed by atoms with Crippen LogP contribution in [0.15, 0.2) is 133 Å². The minimum Gasteiger partial charge on any atom is -0.545 e. The largest absolute Gasteiger partial charge is 1.00 e. The summed E-state index contributed by atoms with van der Waals surface area (Å²) in [5.74, 6) is -2.44. The van der Waals surface area contributed by atoms with Gasteiger partial charge in [0.1, 0.15) is 36.2 Å². The number of hydrogen-bond acceptors (Lipinski definition) is 14. The van der Waals surface area contributed by atoms with Crippen molar-refractivity contribution < 1.29 is 118 Å². The van der Waals surface area contributed by atoms with Crippen LogP contribution in [0.2, 0.25) is 0 Å². The van der Waals surface area contributed by atoms with E-state index in [1.54, 1.807) is 46.9 Å². The summed E-state index contributed by atoms with van der Waals surface area (Å²) in [5, 5.41) is 43.9. The molecule has 0 aliphatic carbocycles. The van der Waals surface area contributed by atoms with Gasteiger partial charge in [0, 0.05) is 56.2 Å². The van der Waals surface area contributed by atoms with Gasteiger partial charge >= 0.3 is 71.1 Å². The van der Waals surface area contributed by atoms with Gasteiger partial charge in [0.2, 0.25) is 0 Å². The van der Waals surface area contributed by atoms with Crippen LogP contribution < -0.4 is 88.3 Å². The molecular formula is C64H64N2Na2O12S2. The topological polar surface area (TPSA) is 198 Å². The van der Waals surface area contributed by atoms with Crippen LogP contribution in [-0.2, 0) is 22.4 Å². The molecule has 2 aliphatic rings. The average Bonchev–Trinajstić information content (AvgIpc) is 4.51. The van der Waals surface area contributed by atoms with E-state index in [0.717, 1.165) is 114 Å². The first kappa shape index (κ1) is 63.8. The number of carbonyl (C=O) groups is 4. The van der Waals surface area contributed by atoms with Crippen molar-refractivity contribution in [1.82, 2.24) is 9.80 Å². The summed E-state index contributed by atoms with van der Waals surface area (Å²) in [5.41, 5.74) is 5.97. The maximum atomic E-state index is 12.0. The fraction of sp³-hybridized carbons (Fsp3) is 0.312. The first-order chi connectivity index (χ1) is 38.9. The van der Waals surface area contributed by atoms with Gasteiger partial charge in [-0.1, -0.05) is 60.7 Å². The Balaban J connectivity index is 0.000000230. The summed E-state index contributed by atoms with van der Waals surface area (Å²) in [6.45, 7) is 8.11. The van der Waals surface area contributed by atoms with Crippen molar-refractivity contribution in [3.05, 3.63) is 167 Å². The van der Waals surface area contributed by atoms with E-state index in [9.17, 15) is 29.4 Å². The smallest absolute Gasteiger partial charge is 0.545 e. The van der Waals surface area contributed by atoms with Crippen LogP contribution in [0.5, 0.6) is 23.0 Å². The van der Waals surface area contributed by atoms with Gasteiger partial charge in [0.15, 0.2) is 0 Å². The Morgan fingerprint density at radius 2 is 0.854 bits per heavy atom. The zero-order valence-corrected chi connectivity index (χ0v) is 52.2. The van der Waals surface area contributed by atoms with Crippen LogP contribution >= 0.6 is 22.7 Å². The van der Waals surface area contributed by atoms with E-state index in [4.69, 9.17) is 29.2 Å². The van der Waals surface area contributed by atoms with Crippen molar-refractivity contribution in [3.8, 4) is 43.9 Å². The summed E-state index contributed by atoms with van der Waals surface area (Å²) in [4.78, 5) is 52.3. The minimum absolute atomic E-state index is 0. The number of aliphatic carboxylic acids is 2. The molecule has 4 heterocycles. The Hall–Kier alpha value is -5.76. The summed E-state index contributed by atoms with van der Waals surface area (Å²) < 4.78 is 25.4. The van der Waals surface area contributed by atoms with Crippen LogP contribution in [0, 0.1) is 0 Å². The summed E-state index contributed by atoms with van der Waals surface area (Å²) in [6, 6.07) is 42.9. The van der Waals surface area contributed by atoms with E-state index in [1.807, 2.05) is 60.7 Å². The van der Waals surface area contributed by atoms with E-state index in [2.05, 4.69) is 58.3 Å². The number of benzene rings is 6. The molecule has 0 unspecified atom stereocenters. The molecule has 416 valence electrons. The number of nitrogens with zero attached hydrogens (tertiary/aromatic N) is 2. The van der Waals surface area contributed by atoms with Crippen molar-refractivity contribution in [3.63, 3.8) is 0 Å². The van der Waals surface area contributed by atoms with Gasteiger partial charge in [0.05, 0.1) is 25.2 Å². The molecule has 0 amide bonds. The second-order valence-electron chi connectivity index (χ2n) is 19.9. The number of hydrogen-bond donors (Lipinski definition) is 2. The molecule has 82 heavy (non-hydrogen) atoms. The fourth-order valence-corrected chi connectivity index (χ4v) is 12.6. The zero-order valence-electron chi connectivity index (χ0n) is 46.5. The number of rotatable bonds is 26. The maximum Gasteiger partial charge on any atom is 1.00 e. The summed E-state index contributed by atoms with van der Waals surface area (Å²) in [7, 11) is 0. The molecule has 10 rings (SSSR count). The summed E-state index contributed by atoms with van der Waals surface area (Å²) >= 11 is 3.25. The minimum atomic E-state index is -1.34. The van der Waals surface area contributed by atoms with Crippen molar-refractivity contribution in [2.24, 2.45) is 0 Å². The maximum absolute atomic E-state index is 12.0. The van der Waals surface area contributed by atoms with Crippen molar-refractivity contribution in [2.45, 2.75) is 64.2 Å². The molecule has 2 saturated heterocycles. The molecule has 2 aromatic heterocycles. The predicted octanol–water partition coefficient (Wildman–Crippen LogP) is 4.49. The third-order valence-electron chi connectivity index (χ3n) is 14.3. The second-order valence-corrected chi connectivity index (χ2v) is 22.0. The van der Waals surface area contributed by atoms with Crippen LogP contribution in [-0.4, -0.2) is 110 Å². The Bertz CT molecular complexity index is 3180. The molecule has 0 saturated carbocycles. The third kappa shape index (κ3) is 17.6. The Labute approximate surface area is 530 Å². The van der Waals surface area contributed by atoms with E-state index in [0.29, 0.717) is 26.1 Å². The quantitative estimate of drug-likeness (QED) is 0.0568. The molecule has 0 radical (unpaired) electrons. The number of ether oxygens (including phenoxy) is 4. The second kappa shape index (κ2) is 31.8. The Kier molecular flexibility index (Phi) is 24.7. The number of carbonyl (C=O) groups excluding carboxylic acids is 2. The molecule has 0 spiro atoms. The van der Waals surface area contributed by atoms with Crippen molar-refractivity contribution in [2.75, 3.05) is 65.7 Å². The molecule has 2 aliphatic heterocycles. The van der Waals surface area contributed by atoms with E-state index in [1.165, 1.54) is 25.7 Å². The number of thiophene rings is 2. The van der Waals surface area contributed by atoms with Crippen molar-refractivity contribution in [1.29, 1.82) is 0 Å². The first-order valence-electron chi connectivity index (χ1n) is 27.3. The normalized spacial score (nSPS) is 13.2. The number of carboxylic acids is 4. The van der Waals surface area contributed by atoms with E-state index >= 15 is 0 Å². The molecule has 0 atom stereocenters. The van der Waals surface area contributed by atoms with Crippen LogP contribution in [0.1, 0.15) is 94.3 Å². The van der Waals surface area contributed by atoms with Gasteiger partial charge in [-0.05, 0) is 194 Å². The van der Waals surface area contributed by atoms with E-state index in [-0.39, 0.29) is 121 Å². The molecule has 0 bridgehead atoms.